The Morgan fingerprint density at radius 3 is 2.84 bits per heavy atom. The number of benzene rings is 1. The van der Waals surface area contributed by atoms with Crippen LogP contribution in [0.15, 0.2) is 24.3 Å². The van der Waals surface area contributed by atoms with Crippen LogP contribution < -0.4 is 4.72 Å². The van der Waals surface area contributed by atoms with Gasteiger partial charge in [0.1, 0.15) is 5.82 Å². The normalized spacial score (nSPS) is 12.1. The van der Waals surface area contributed by atoms with Crippen LogP contribution in [0.5, 0.6) is 0 Å². The topological polar surface area (TPSA) is 64.0 Å². The molecule has 7 heteroatoms. The summed E-state index contributed by atoms with van der Waals surface area (Å²) in [6.45, 7) is 2.79. The summed E-state index contributed by atoms with van der Waals surface area (Å²) in [6.07, 6.45) is 0. The number of aryl methyl sites for hydroxylation is 1. The van der Waals surface area contributed by atoms with Gasteiger partial charge in [-0.05, 0) is 19.1 Å². The zero-order chi connectivity index (χ0) is 13.9. The SMILES string of the molecule is Cc1nc2ccccc2n1CCNS(=O)(=O)CCCl. The van der Waals surface area contributed by atoms with Crippen LogP contribution >= 0.6 is 11.6 Å². The van der Waals surface area contributed by atoms with Gasteiger partial charge in [0, 0.05) is 19.0 Å². The molecule has 0 aliphatic heterocycles. The number of hydrogen-bond acceptors (Lipinski definition) is 3. The van der Waals surface area contributed by atoms with Gasteiger partial charge in [-0.2, -0.15) is 0 Å². The Kier molecular flexibility index (Phi) is 4.44. The van der Waals surface area contributed by atoms with Crippen molar-refractivity contribution in [3.63, 3.8) is 0 Å². The minimum atomic E-state index is -3.27. The lowest BCUT2D eigenvalue weighted by Gasteiger charge is -2.08. The molecule has 0 saturated carbocycles. The summed E-state index contributed by atoms with van der Waals surface area (Å²) in [4.78, 5) is 4.43. The number of imidazole rings is 1. The van der Waals surface area contributed by atoms with Gasteiger partial charge in [-0.25, -0.2) is 18.1 Å². The van der Waals surface area contributed by atoms with Crippen LogP contribution in [0.3, 0.4) is 0 Å². The van der Waals surface area contributed by atoms with E-state index in [-0.39, 0.29) is 11.6 Å². The third-order valence-electron chi connectivity index (χ3n) is 2.85. The van der Waals surface area contributed by atoms with Gasteiger partial charge < -0.3 is 4.57 Å². The summed E-state index contributed by atoms with van der Waals surface area (Å²) in [6, 6.07) is 7.79. The fourth-order valence-corrected chi connectivity index (χ4v) is 3.32. The van der Waals surface area contributed by atoms with Gasteiger partial charge >= 0.3 is 0 Å². The predicted octanol–water partition coefficient (Wildman–Crippen LogP) is 1.50. The van der Waals surface area contributed by atoms with Gasteiger partial charge in [-0.3, -0.25) is 0 Å². The molecule has 0 radical (unpaired) electrons. The maximum absolute atomic E-state index is 11.5. The lowest BCUT2D eigenvalue weighted by Crippen LogP contribution is -2.30. The summed E-state index contributed by atoms with van der Waals surface area (Å²) in [5.41, 5.74) is 1.93. The second kappa shape index (κ2) is 5.90. The summed E-state index contributed by atoms with van der Waals surface area (Å²) in [7, 11) is -3.27. The molecular weight excluding hydrogens is 286 g/mol. The number of nitrogens with one attached hydrogen (secondary N) is 1. The molecule has 0 saturated heterocycles. The third kappa shape index (κ3) is 3.46. The first-order valence-corrected chi connectivity index (χ1v) is 8.17. The van der Waals surface area contributed by atoms with Crippen molar-refractivity contribution in [2.24, 2.45) is 0 Å². The van der Waals surface area contributed by atoms with Crippen molar-refractivity contribution >= 4 is 32.7 Å². The first-order chi connectivity index (χ1) is 9.03. The summed E-state index contributed by atoms with van der Waals surface area (Å²) >= 11 is 5.43. The lowest BCUT2D eigenvalue weighted by molar-refractivity contribution is 0.574. The van der Waals surface area contributed by atoms with Crippen LogP contribution in [-0.2, 0) is 16.6 Å². The van der Waals surface area contributed by atoms with Crippen molar-refractivity contribution in [3.05, 3.63) is 30.1 Å². The molecule has 19 heavy (non-hydrogen) atoms. The minimum Gasteiger partial charge on any atom is -0.327 e. The molecule has 1 aromatic carbocycles. The molecule has 0 amide bonds. The number of para-hydroxylation sites is 2. The molecule has 0 fully saturated rings. The fourth-order valence-electron chi connectivity index (χ4n) is 1.96. The fraction of sp³-hybridized carbons (Fsp3) is 0.417. The van der Waals surface area contributed by atoms with E-state index in [0.29, 0.717) is 13.1 Å². The van der Waals surface area contributed by atoms with Crippen LogP contribution in [0.4, 0.5) is 0 Å². The zero-order valence-corrected chi connectivity index (χ0v) is 12.2. The van der Waals surface area contributed by atoms with E-state index in [4.69, 9.17) is 11.6 Å². The van der Waals surface area contributed by atoms with Crippen molar-refractivity contribution in [3.8, 4) is 0 Å². The Bertz CT molecular complexity index is 667. The van der Waals surface area contributed by atoms with Crippen LogP contribution in [-0.4, -0.2) is 36.1 Å². The molecule has 0 atom stereocenters. The van der Waals surface area contributed by atoms with E-state index < -0.39 is 10.0 Å². The number of fused-ring (bicyclic) bond motifs is 1. The van der Waals surface area contributed by atoms with Crippen molar-refractivity contribution in [1.29, 1.82) is 0 Å². The molecule has 1 aromatic heterocycles. The first kappa shape index (κ1) is 14.3. The van der Waals surface area contributed by atoms with Crippen LogP contribution in [0, 0.1) is 6.92 Å². The molecule has 1 heterocycles. The number of nitrogens with zero attached hydrogens (tertiary/aromatic N) is 2. The minimum absolute atomic E-state index is 0.0573. The van der Waals surface area contributed by atoms with Gasteiger partial charge in [0.05, 0.1) is 16.8 Å². The zero-order valence-electron chi connectivity index (χ0n) is 10.6. The van der Waals surface area contributed by atoms with Gasteiger partial charge in [0.25, 0.3) is 0 Å². The van der Waals surface area contributed by atoms with Crippen molar-refractivity contribution in [2.75, 3.05) is 18.2 Å². The van der Waals surface area contributed by atoms with Crippen LogP contribution in [0.25, 0.3) is 11.0 Å². The number of alkyl halides is 1. The molecule has 0 aliphatic carbocycles. The van der Waals surface area contributed by atoms with Crippen LogP contribution in [0.2, 0.25) is 0 Å². The van der Waals surface area contributed by atoms with E-state index in [1.54, 1.807) is 0 Å². The van der Waals surface area contributed by atoms with E-state index in [2.05, 4.69) is 9.71 Å². The smallest absolute Gasteiger partial charge is 0.212 e. The van der Waals surface area contributed by atoms with E-state index in [1.807, 2.05) is 35.8 Å². The summed E-state index contributed by atoms with van der Waals surface area (Å²) < 4.78 is 27.5. The predicted molar refractivity (Wildman–Crippen MR) is 77.0 cm³/mol. The average Bonchev–Trinajstić information content (AvgIpc) is 2.66. The van der Waals surface area contributed by atoms with Crippen molar-refractivity contribution in [1.82, 2.24) is 14.3 Å². The standard InChI is InChI=1S/C12H16ClN3O2S/c1-10-15-11-4-2-3-5-12(11)16(10)8-7-14-19(17,18)9-6-13/h2-5,14H,6-9H2,1H3. The number of rotatable bonds is 6. The van der Waals surface area contributed by atoms with E-state index in [0.717, 1.165) is 16.9 Å². The summed E-state index contributed by atoms with van der Waals surface area (Å²) in [5, 5.41) is 0. The third-order valence-corrected chi connectivity index (χ3v) is 4.65. The Morgan fingerprint density at radius 2 is 2.11 bits per heavy atom. The number of hydrogen-bond donors (Lipinski definition) is 1. The van der Waals surface area contributed by atoms with Crippen molar-refractivity contribution < 1.29 is 8.42 Å². The molecule has 0 unspecified atom stereocenters. The van der Waals surface area contributed by atoms with Gasteiger partial charge in [-0.15, -0.1) is 11.6 Å². The highest BCUT2D eigenvalue weighted by Gasteiger charge is 2.10. The highest BCUT2D eigenvalue weighted by Crippen LogP contribution is 2.14. The monoisotopic (exact) mass is 301 g/mol. The van der Waals surface area contributed by atoms with Crippen molar-refractivity contribution in [2.45, 2.75) is 13.5 Å². The first-order valence-electron chi connectivity index (χ1n) is 5.98. The molecule has 104 valence electrons. The Hall–Kier alpha value is -1.11. The Morgan fingerprint density at radius 1 is 1.37 bits per heavy atom. The largest absolute Gasteiger partial charge is 0.327 e. The molecule has 0 bridgehead atoms. The maximum atomic E-state index is 11.5. The second-order valence-electron chi connectivity index (χ2n) is 4.20. The number of aromatic nitrogens is 2. The molecule has 5 nitrogen and oxygen atoms in total. The van der Waals surface area contributed by atoms with Gasteiger partial charge in [0.15, 0.2) is 0 Å². The average molecular weight is 302 g/mol. The van der Waals surface area contributed by atoms with E-state index >= 15 is 0 Å². The van der Waals surface area contributed by atoms with E-state index in [9.17, 15) is 8.42 Å². The van der Waals surface area contributed by atoms with Gasteiger partial charge in [-0.1, -0.05) is 12.1 Å². The van der Waals surface area contributed by atoms with E-state index in [1.165, 1.54) is 0 Å². The quantitative estimate of drug-likeness (QED) is 0.823. The molecule has 2 rings (SSSR count). The highest BCUT2D eigenvalue weighted by atomic mass is 35.5. The molecule has 1 N–H and O–H groups in total. The molecule has 0 spiro atoms. The highest BCUT2D eigenvalue weighted by molar-refractivity contribution is 7.89. The summed E-state index contributed by atoms with van der Waals surface area (Å²) in [5.74, 6) is 0.915. The lowest BCUT2D eigenvalue weighted by atomic mass is 10.3. The molecule has 0 aliphatic rings. The Balaban J connectivity index is 2.08. The number of halogens is 1. The second-order valence-corrected chi connectivity index (χ2v) is 6.51. The molecular formula is C12H16ClN3O2S. The van der Waals surface area contributed by atoms with Gasteiger partial charge in [0.2, 0.25) is 10.0 Å². The molecule has 2 aromatic rings. The Labute approximate surface area is 117 Å². The number of sulfonamides is 1. The van der Waals surface area contributed by atoms with Crippen LogP contribution in [0.1, 0.15) is 5.82 Å². The maximum Gasteiger partial charge on any atom is 0.212 e.